The minimum Gasteiger partial charge on any atom is -0.392 e. The van der Waals surface area contributed by atoms with Crippen LogP contribution in [0.4, 0.5) is 0 Å². The van der Waals surface area contributed by atoms with E-state index in [1.165, 1.54) is 4.90 Å². The Morgan fingerprint density at radius 3 is 2.50 bits per heavy atom. The van der Waals surface area contributed by atoms with Crippen LogP contribution in [0.15, 0.2) is 0 Å². The zero-order valence-electron chi connectivity index (χ0n) is 12.1. The molecular formula is C13H23N3O3S. The van der Waals surface area contributed by atoms with Crippen LogP contribution < -0.4 is 11.1 Å². The number of nitrogens with two attached hydrogens (primary N) is 1. The fraction of sp³-hybridized carbons (Fsp3) is 0.769. The third-order valence-electron chi connectivity index (χ3n) is 3.69. The first kappa shape index (κ1) is 16.8. The van der Waals surface area contributed by atoms with Gasteiger partial charge in [-0.3, -0.25) is 9.59 Å². The molecular weight excluding hydrogens is 278 g/mol. The summed E-state index contributed by atoms with van der Waals surface area (Å²) < 4.78 is 4.84. The number of likely N-dealkylation sites (N-methyl/N-ethyl adjacent to an activating group) is 1. The summed E-state index contributed by atoms with van der Waals surface area (Å²) in [5.74, 6) is -0.363. The Balaban J connectivity index is 2.57. The number of amides is 2. The highest BCUT2D eigenvalue weighted by molar-refractivity contribution is 7.80. The van der Waals surface area contributed by atoms with Gasteiger partial charge in [-0.15, -0.1) is 0 Å². The van der Waals surface area contributed by atoms with E-state index in [9.17, 15) is 9.59 Å². The molecule has 1 aliphatic rings. The van der Waals surface area contributed by atoms with Crippen molar-refractivity contribution in [3.05, 3.63) is 0 Å². The van der Waals surface area contributed by atoms with E-state index in [4.69, 9.17) is 22.7 Å². The maximum Gasteiger partial charge on any atom is 0.239 e. The molecule has 0 aromatic carbocycles. The van der Waals surface area contributed by atoms with E-state index >= 15 is 0 Å². The molecule has 6 nitrogen and oxygen atoms in total. The summed E-state index contributed by atoms with van der Waals surface area (Å²) in [6.45, 7) is 0.880. The molecule has 0 saturated heterocycles. The van der Waals surface area contributed by atoms with Crippen molar-refractivity contribution in [3.63, 3.8) is 0 Å². The van der Waals surface area contributed by atoms with E-state index in [-0.39, 0.29) is 23.3 Å². The standard InChI is InChI=1S/C13H23N3O3S/c1-16(9-10(17)15-7-8-19-2)12(18)13(11(14)20)5-3-4-6-13/h3-9H2,1-2H3,(H2,14,20)(H,15,17). The van der Waals surface area contributed by atoms with Crippen molar-refractivity contribution >= 4 is 29.0 Å². The number of carbonyl (C=O) groups excluding carboxylic acids is 2. The van der Waals surface area contributed by atoms with Crippen LogP contribution in [0.25, 0.3) is 0 Å². The molecule has 0 unspecified atom stereocenters. The number of nitrogens with one attached hydrogen (secondary N) is 1. The minimum absolute atomic E-state index is 0.00686. The van der Waals surface area contributed by atoms with Gasteiger partial charge in [0.25, 0.3) is 0 Å². The van der Waals surface area contributed by atoms with Crippen LogP contribution in [0.5, 0.6) is 0 Å². The predicted octanol–water partition coefficient (Wildman–Crippen LogP) is 0.0539. The fourth-order valence-electron chi connectivity index (χ4n) is 2.55. The van der Waals surface area contributed by atoms with E-state index in [0.29, 0.717) is 26.0 Å². The lowest BCUT2D eigenvalue weighted by molar-refractivity contribution is -0.140. The lowest BCUT2D eigenvalue weighted by Gasteiger charge is -2.31. The second kappa shape index (κ2) is 7.54. The number of ether oxygens (including phenoxy) is 1. The molecule has 0 heterocycles. The van der Waals surface area contributed by atoms with Crippen LogP contribution in [0, 0.1) is 5.41 Å². The van der Waals surface area contributed by atoms with Crippen molar-refractivity contribution in [2.75, 3.05) is 33.9 Å². The van der Waals surface area contributed by atoms with Crippen LogP contribution in [-0.4, -0.2) is 55.6 Å². The summed E-state index contributed by atoms with van der Waals surface area (Å²) in [6.07, 6.45) is 3.24. The third-order valence-corrected chi connectivity index (χ3v) is 4.08. The highest BCUT2D eigenvalue weighted by atomic mass is 32.1. The Morgan fingerprint density at radius 2 is 2.00 bits per heavy atom. The monoisotopic (exact) mass is 301 g/mol. The number of thiocarbonyl (C=S) groups is 1. The van der Waals surface area contributed by atoms with Crippen molar-refractivity contribution in [3.8, 4) is 0 Å². The van der Waals surface area contributed by atoms with Crippen LogP contribution in [0.3, 0.4) is 0 Å². The molecule has 1 saturated carbocycles. The molecule has 3 N–H and O–H groups in total. The number of hydrogen-bond donors (Lipinski definition) is 2. The van der Waals surface area contributed by atoms with Crippen molar-refractivity contribution in [2.45, 2.75) is 25.7 Å². The molecule has 20 heavy (non-hydrogen) atoms. The van der Waals surface area contributed by atoms with Crippen LogP contribution >= 0.6 is 12.2 Å². The number of rotatable bonds is 7. The van der Waals surface area contributed by atoms with Crippen molar-refractivity contribution < 1.29 is 14.3 Å². The average Bonchev–Trinajstić information content (AvgIpc) is 2.88. The molecule has 7 heteroatoms. The second-order valence-electron chi connectivity index (χ2n) is 5.16. The van der Waals surface area contributed by atoms with Gasteiger partial charge in [-0.1, -0.05) is 25.1 Å². The molecule has 0 aromatic rings. The number of nitrogens with zero attached hydrogens (tertiary/aromatic N) is 1. The number of carbonyl (C=O) groups is 2. The van der Waals surface area contributed by atoms with Gasteiger partial charge in [0, 0.05) is 20.7 Å². The Kier molecular flexibility index (Phi) is 6.35. The van der Waals surface area contributed by atoms with Gasteiger partial charge in [0.15, 0.2) is 0 Å². The van der Waals surface area contributed by atoms with E-state index in [2.05, 4.69) is 5.32 Å². The highest BCUT2D eigenvalue weighted by Gasteiger charge is 2.45. The van der Waals surface area contributed by atoms with E-state index in [0.717, 1.165) is 12.8 Å². The molecule has 0 bridgehead atoms. The third kappa shape index (κ3) is 3.89. The minimum atomic E-state index is -0.753. The molecule has 0 atom stereocenters. The maximum absolute atomic E-state index is 12.5. The van der Waals surface area contributed by atoms with Gasteiger partial charge in [-0.25, -0.2) is 0 Å². The molecule has 0 aliphatic heterocycles. The molecule has 0 aromatic heterocycles. The van der Waals surface area contributed by atoms with E-state index in [1.54, 1.807) is 14.2 Å². The van der Waals surface area contributed by atoms with Gasteiger partial charge in [-0.05, 0) is 12.8 Å². The number of methoxy groups -OCH3 is 1. The molecule has 1 fully saturated rings. The van der Waals surface area contributed by atoms with Crippen molar-refractivity contribution in [1.82, 2.24) is 10.2 Å². The lowest BCUT2D eigenvalue weighted by Crippen LogP contribution is -2.50. The molecule has 1 rings (SSSR count). The summed E-state index contributed by atoms with van der Waals surface area (Å²) >= 11 is 5.08. The topological polar surface area (TPSA) is 84.7 Å². The summed E-state index contributed by atoms with van der Waals surface area (Å²) in [4.78, 5) is 25.9. The van der Waals surface area contributed by atoms with E-state index in [1.807, 2.05) is 0 Å². The van der Waals surface area contributed by atoms with Crippen LogP contribution in [-0.2, 0) is 14.3 Å². The first-order valence-electron chi connectivity index (χ1n) is 6.75. The van der Waals surface area contributed by atoms with E-state index < -0.39 is 5.41 Å². The summed E-state index contributed by atoms with van der Waals surface area (Å²) in [5, 5.41) is 2.68. The first-order chi connectivity index (χ1) is 9.44. The Bertz CT molecular complexity index is 381. The van der Waals surface area contributed by atoms with Crippen LogP contribution in [0.1, 0.15) is 25.7 Å². The van der Waals surface area contributed by atoms with Gasteiger partial charge in [-0.2, -0.15) is 0 Å². The normalized spacial score (nSPS) is 16.7. The highest BCUT2D eigenvalue weighted by Crippen LogP contribution is 2.39. The Morgan fingerprint density at radius 1 is 1.40 bits per heavy atom. The average molecular weight is 301 g/mol. The van der Waals surface area contributed by atoms with Gasteiger partial charge >= 0.3 is 0 Å². The zero-order chi connectivity index (χ0) is 15.2. The quantitative estimate of drug-likeness (QED) is 0.513. The molecule has 114 valence electrons. The molecule has 2 amide bonds. The predicted molar refractivity (Wildman–Crippen MR) is 80.2 cm³/mol. The van der Waals surface area contributed by atoms with Gasteiger partial charge in [0.1, 0.15) is 0 Å². The number of hydrogen-bond acceptors (Lipinski definition) is 4. The SMILES string of the molecule is COCCNC(=O)CN(C)C(=O)C1(C(N)=S)CCCC1. The van der Waals surface area contributed by atoms with Gasteiger partial charge in [0.05, 0.1) is 23.6 Å². The second-order valence-corrected chi connectivity index (χ2v) is 5.60. The molecule has 0 radical (unpaired) electrons. The summed E-state index contributed by atoms with van der Waals surface area (Å²) in [5.41, 5.74) is 5.01. The van der Waals surface area contributed by atoms with Crippen molar-refractivity contribution in [1.29, 1.82) is 0 Å². The smallest absolute Gasteiger partial charge is 0.239 e. The Labute approximate surface area is 125 Å². The summed E-state index contributed by atoms with van der Waals surface area (Å²) in [6, 6.07) is 0. The largest absolute Gasteiger partial charge is 0.392 e. The van der Waals surface area contributed by atoms with Gasteiger partial charge < -0.3 is 20.7 Å². The van der Waals surface area contributed by atoms with Gasteiger partial charge in [0.2, 0.25) is 11.8 Å². The zero-order valence-corrected chi connectivity index (χ0v) is 12.9. The molecule has 0 spiro atoms. The Hall–Kier alpha value is -1.21. The molecule has 1 aliphatic carbocycles. The lowest BCUT2D eigenvalue weighted by atomic mass is 9.84. The van der Waals surface area contributed by atoms with Crippen LogP contribution in [0.2, 0.25) is 0 Å². The summed E-state index contributed by atoms with van der Waals surface area (Å²) in [7, 11) is 3.17. The maximum atomic E-state index is 12.5. The fourth-order valence-corrected chi connectivity index (χ4v) is 2.84. The first-order valence-corrected chi connectivity index (χ1v) is 7.16. The van der Waals surface area contributed by atoms with Crippen molar-refractivity contribution in [2.24, 2.45) is 11.1 Å².